The highest BCUT2D eigenvalue weighted by molar-refractivity contribution is 5.48. The van der Waals surface area contributed by atoms with E-state index in [1.807, 2.05) is 30.3 Å². The molecule has 0 spiro atoms. The van der Waals surface area contributed by atoms with Crippen LogP contribution in [-0.2, 0) is 0 Å². The standard InChI is InChI=1S/C22H37NO/c1-4-7-17-23(18-8-5-2)19-11-9-10-12-20-24-22-15-13-21(6-3)14-16-22/h6,13-16H,3-5,7-12,17-20H2,1-2H3. The molecule has 2 heteroatoms. The van der Waals surface area contributed by atoms with Gasteiger partial charge in [0.15, 0.2) is 0 Å². The van der Waals surface area contributed by atoms with Crippen LogP contribution in [0.1, 0.15) is 70.8 Å². The molecule has 1 rings (SSSR count). The van der Waals surface area contributed by atoms with Crippen LogP contribution in [0.3, 0.4) is 0 Å². The molecule has 0 N–H and O–H groups in total. The molecule has 0 heterocycles. The van der Waals surface area contributed by atoms with Crippen LogP contribution in [0.4, 0.5) is 0 Å². The lowest BCUT2D eigenvalue weighted by molar-refractivity contribution is 0.256. The zero-order valence-electron chi connectivity index (χ0n) is 15.9. The highest BCUT2D eigenvalue weighted by Gasteiger charge is 2.03. The van der Waals surface area contributed by atoms with E-state index in [4.69, 9.17) is 4.74 Å². The minimum absolute atomic E-state index is 0.822. The van der Waals surface area contributed by atoms with Crippen molar-refractivity contribution >= 4 is 6.08 Å². The van der Waals surface area contributed by atoms with E-state index in [0.717, 1.165) is 24.3 Å². The van der Waals surface area contributed by atoms with Crippen LogP contribution < -0.4 is 4.74 Å². The van der Waals surface area contributed by atoms with Gasteiger partial charge in [-0.05, 0) is 63.0 Å². The summed E-state index contributed by atoms with van der Waals surface area (Å²) >= 11 is 0. The number of unbranched alkanes of at least 4 members (excludes halogenated alkanes) is 5. The van der Waals surface area contributed by atoms with Crippen LogP contribution in [0.15, 0.2) is 30.8 Å². The lowest BCUT2D eigenvalue weighted by atomic mass is 10.1. The van der Waals surface area contributed by atoms with Crippen molar-refractivity contribution in [1.82, 2.24) is 4.90 Å². The van der Waals surface area contributed by atoms with E-state index in [-0.39, 0.29) is 0 Å². The average Bonchev–Trinajstić information content (AvgIpc) is 2.63. The van der Waals surface area contributed by atoms with E-state index in [0.29, 0.717) is 0 Å². The fourth-order valence-corrected chi connectivity index (χ4v) is 2.78. The zero-order valence-corrected chi connectivity index (χ0v) is 15.9. The van der Waals surface area contributed by atoms with Crippen molar-refractivity contribution in [3.05, 3.63) is 36.4 Å². The van der Waals surface area contributed by atoms with Crippen LogP contribution in [0.25, 0.3) is 6.08 Å². The number of rotatable bonds is 15. The monoisotopic (exact) mass is 331 g/mol. The molecule has 0 saturated heterocycles. The van der Waals surface area contributed by atoms with Crippen LogP contribution in [0.2, 0.25) is 0 Å². The number of ether oxygens (including phenoxy) is 1. The Hall–Kier alpha value is -1.28. The molecule has 0 fully saturated rings. The molecule has 0 aliphatic rings. The third-order valence-electron chi connectivity index (χ3n) is 4.41. The molecule has 0 unspecified atom stereocenters. The van der Waals surface area contributed by atoms with Crippen molar-refractivity contribution in [3.63, 3.8) is 0 Å². The molecule has 0 radical (unpaired) electrons. The summed E-state index contributed by atoms with van der Waals surface area (Å²) in [5.74, 6) is 0.964. The summed E-state index contributed by atoms with van der Waals surface area (Å²) in [5.41, 5.74) is 1.14. The predicted molar refractivity (Wildman–Crippen MR) is 107 cm³/mol. The third kappa shape index (κ3) is 9.77. The molecule has 0 amide bonds. The lowest BCUT2D eigenvalue weighted by Gasteiger charge is -2.21. The maximum absolute atomic E-state index is 5.79. The van der Waals surface area contributed by atoms with Gasteiger partial charge in [0.05, 0.1) is 6.61 Å². The van der Waals surface area contributed by atoms with Crippen molar-refractivity contribution in [2.24, 2.45) is 0 Å². The van der Waals surface area contributed by atoms with E-state index in [2.05, 4.69) is 25.3 Å². The van der Waals surface area contributed by atoms with E-state index in [1.54, 1.807) is 0 Å². The fraction of sp³-hybridized carbons (Fsp3) is 0.636. The molecule has 0 saturated carbocycles. The highest BCUT2D eigenvalue weighted by atomic mass is 16.5. The maximum Gasteiger partial charge on any atom is 0.119 e. The van der Waals surface area contributed by atoms with Crippen molar-refractivity contribution < 1.29 is 4.74 Å². The van der Waals surface area contributed by atoms with Gasteiger partial charge < -0.3 is 9.64 Å². The predicted octanol–water partition coefficient (Wildman–Crippen LogP) is 6.17. The van der Waals surface area contributed by atoms with Gasteiger partial charge in [0.2, 0.25) is 0 Å². The Morgan fingerprint density at radius 1 is 0.833 bits per heavy atom. The van der Waals surface area contributed by atoms with E-state index >= 15 is 0 Å². The Kier molecular flexibility index (Phi) is 12.2. The summed E-state index contributed by atoms with van der Waals surface area (Å²) in [6.07, 6.45) is 12.2. The number of nitrogens with zero attached hydrogens (tertiary/aromatic N) is 1. The van der Waals surface area contributed by atoms with Crippen LogP contribution in [0.5, 0.6) is 5.75 Å². The second-order valence-electron chi connectivity index (χ2n) is 6.58. The Morgan fingerprint density at radius 3 is 2.00 bits per heavy atom. The number of hydrogen-bond donors (Lipinski definition) is 0. The molecular formula is C22H37NO. The van der Waals surface area contributed by atoms with E-state index < -0.39 is 0 Å². The summed E-state index contributed by atoms with van der Waals surface area (Å²) in [5, 5.41) is 0. The molecule has 2 nitrogen and oxygen atoms in total. The highest BCUT2D eigenvalue weighted by Crippen LogP contribution is 2.13. The van der Waals surface area contributed by atoms with Gasteiger partial charge in [-0.25, -0.2) is 0 Å². The Bertz CT molecular complexity index is 404. The Labute approximate surface area is 149 Å². The molecule has 0 atom stereocenters. The number of hydrogen-bond acceptors (Lipinski definition) is 2. The Balaban J connectivity index is 2.06. The average molecular weight is 332 g/mol. The lowest BCUT2D eigenvalue weighted by Crippen LogP contribution is -2.27. The van der Waals surface area contributed by atoms with Gasteiger partial charge in [0, 0.05) is 0 Å². The first kappa shape index (κ1) is 20.8. The number of benzene rings is 1. The molecule has 24 heavy (non-hydrogen) atoms. The molecular weight excluding hydrogens is 294 g/mol. The molecule has 136 valence electrons. The van der Waals surface area contributed by atoms with Gasteiger partial charge in [-0.1, -0.05) is 64.3 Å². The van der Waals surface area contributed by atoms with Gasteiger partial charge in [-0.3, -0.25) is 0 Å². The first-order valence-corrected chi connectivity index (χ1v) is 9.87. The molecule has 0 aliphatic heterocycles. The Morgan fingerprint density at radius 2 is 1.42 bits per heavy atom. The van der Waals surface area contributed by atoms with Crippen molar-refractivity contribution in [2.45, 2.75) is 65.2 Å². The van der Waals surface area contributed by atoms with Crippen molar-refractivity contribution in [1.29, 1.82) is 0 Å². The van der Waals surface area contributed by atoms with Crippen molar-refractivity contribution in [2.75, 3.05) is 26.2 Å². The summed E-state index contributed by atoms with van der Waals surface area (Å²) < 4.78 is 5.79. The largest absolute Gasteiger partial charge is 0.494 e. The topological polar surface area (TPSA) is 12.5 Å². The van der Waals surface area contributed by atoms with Gasteiger partial charge in [0.25, 0.3) is 0 Å². The molecule has 0 aliphatic carbocycles. The fourth-order valence-electron chi connectivity index (χ4n) is 2.78. The van der Waals surface area contributed by atoms with Crippen molar-refractivity contribution in [3.8, 4) is 5.75 Å². The quantitative estimate of drug-likeness (QED) is 0.356. The molecule has 0 aromatic heterocycles. The molecule has 1 aromatic carbocycles. The van der Waals surface area contributed by atoms with Crippen LogP contribution in [0, 0.1) is 0 Å². The molecule has 0 bridgehead atoms. The second kappa shape index (κ2) is 14.1. The SMILES string of the molecule is C=Cc1ccc(OCCCCCCN(CCCC)CCCC)cc1. The summed E-state index contributed by atoms with van der Waals surface area (Å²) in [4.78, 5) is 2.66. The van der Waals surface area contributed by atoms with Gasteiger partial charge in [0.1, 0.15) is 5.75 Å². The van der Waals surface area contributed by atoms with E-state index in [1.165, 1.54) is 64.6 Å². The van der Waals surface area contributed by atoms with Gasteiger partial charge in [-0.15, -0.1) is 0 Å². The first-order chi connectivity index (χ1) is 11.8. The van der Waals surface area contributed by atoms with Gasteiger partial charge >= 0.3 is 0 Å². The first-order valence-electron chi connectivity index (χ1n) is 9.87. The van der Waals surface area contributed by atoms with Crippen LogP contribution >= 0.6 is 0 Å². The summed E-state index contributed by atoms with van der Waals surface area (Å²) in [6, 6.07) is 8.14. The normalized spacial score (nSPS) is 11.0. The molecule has 1 aromatic rings. The second-order valence-corrected chi connectivity index (χ2v) is 6.58. The zero-order chi connectivity index (χ0) is 17.5. The third-order valence-corrected chi connectivity index (χ3v) is 4.41. The summed E-state index contributed by atoms with van der Waals surface area (Å²) in [6.45, 7) is 13.0. The summed E-state index contributed by atoms with van der Waals surface area (Å²) in [7, 11) is 0. The maximum atomic E-state index is 5.79. The smallest absolute Gasteiger partial charge is 0.119 e. The minimum atomic E-state index is 0.822. The van der Waals surface area contributed by atoms with Gasteiger partial charge in [-0.2, -0.15) is 0 Å². The minimum Gasteiger partial charge on any atom is -0.494 e. The van der Waals surface area contributed by atoms with Crippen LogP contribution in [-0.4, -0.2) is 31.1 Å². The van der Waals surface area contributed by atoms with E-state index in [9.17, 15) is 0 Å².